The molecule has 1 atom stereocenters. The quantitative estimate of drug-likeness (QED) is 0.909. The lowest BCUT2D eigenvalue weighted by Crippen LogP contribution is -2.02. The summed E-state index contributed by atoms with van der Waals surface area (Å²) in [4.78, 5) is 3.89. The first-order valence-electron chi connectivity index (χ1n) is 5.18. The van der Waals surface area contributed by atoms with E-state index in [2.05, 4.69) is 4.98 Å². The molecule has 1 aromatic carbocycles. The third-order valence-electron chi connectivity index (χ3n) is 2.45. The molecule has 17 heavy (non-hydrogen) atoms. The molecular weight excluding hydrogens is 241 g/mol. The Labute approximate surface area is 104 Å². The van der Waals surface area contributed by atoms with Gasteiger partial charge in [-0.1, -0.05) is 11.6 Å². The summed E-state index contributed by atoms with van der Waals surface area (Å²) in [6, 6.07) is 7.69. The average molecular weight is 252 g/mol. The second-order valence-electron chi connectivity index (χ2n) is 3.78. The van der Waals surface area contributed by atoms with Crippen LogP contribution in [-0.2, 0) is 6.42 Å². The molecule has 0 aliphatic rings. The zero-order valence-electron chi connectivity index (χ0n) is 8.98. The minimum absolute atomic E-state index is 0.286. The summed E-state index contributed by atoms with van der Waals surface area (Å²) < 4.78 is 13.1. The van der Waals surface area contributed by atoms with Crippen LogP contribution in [-0.4, -0.2) is 10.1 Å². The molecule has 0 aliphatic heterocycles. The van der Waals surface area contributed by atoms with Gasteiger partial charge in [-0.25, -0.2) is 4.39 Å². The van der Waals surface area contributed by atoms with Gasteiger partial charge in [-0.15, -0.1) is 0 Å². The molecule has 0 aliphatic carbocycles. The Morgan fingerprint density at radius 3 is 2.59 bits per heavy atom. The Morgan fingerprint density at radius 2 is 1.94 bits per heavy atom. The number of aliphatic hydroxyl groups is 1. The minimum Gasteiger partial charge on any atom is -0.388 e. The summed E-state index contributed by atoms with van der Waals surface area (Å²) in [6.45, 7) is 0. The normalized spacial score (nSPS) is 12.4. The molecule has 2 aromatic rings. The first kappa shape index (κ1) is 12.0. The van der Waals surface area contributed by atoms with Crippen LogP contribution >= 0.6 is 11.6 Å². The maximum atomic E-state index is 13.1. The van der Waals surface area contributed by atoms with Crippen molar-refractivity contribution in [3.8, 4) is 0 Å². The molecule has 0 amide bonds. The molecule has 1 N–H and O–H groups in total. The van der Waals surface area contributed by atoms with Crippen LogP contribution in [0.15, 0.2) is 42.7 Å². The van der Waals surface area contributed by atoms with Gasteiger partial charge in [0.05, 0.1) is 6.10 Å². The number of hydrogen-bond acceptors (Lipinski definition) is 2. The number of rotatable bonds is 3. The Morgan fingerprint density at radius 1 is 1.24 bits per heavy atom. The molecule has 0 saturated carbocycles. The third-order valence-corrected chi connectivity index (χ3v) is 2.67. The van der Waals surface area contributed by atoms with Gasteiger partial charge >= 0.3 is 0 Å². The van der Waals surface area contributed by atoms with Crippen molar-refractivity contribution in [2.75, 3.05) is 0 Å². The fraction of sp³-hybridized carbons (Fsp3) is 0.154. The van der Waals surface area contributed by atoms with Gasteiger partial charge in [0.1, 0.15) is 5.82 Å². The van der Waals surface area contributed by atoms with Gasteiger partial charge in [-0.05, 0) is 41.5 Å². The first-order valence-corrected chi connectivity index (χ1v) is 5.56. The topological polar surface area (TPSA) is 33.1 Å². The highest BCUT2D eigenvalue weighted by Crippen LogP contribution is 2.22. The van der Waals surface area contributed by atoms with Crippen molar-refractivity contribution in [1.29, 1.82) is 0 Å². The second kappa shape index (κ2) is 5.25. The fourth-order valence-electron chi connectivity index (χ4n) is 1.63. The van der Waals surface area contributed by atoms with Crippen molar-refractivity contribution in [3.05, 3.63) is 64.7 Å². The summed E-state index contributed by atoms with van der Waals surface area (Å²) >= 11 is 5.74. The highest BCUT2D eigenvalue weighted by molar-refractivity contribution is 6.30. The first-order chi connectivity index (χ1) is 8.15. The maximum absolute atomic E-state index is 13.1. The molecule has 0 radical (unpaired) electrons. The SMILES string of the molecule is OC(Cc1ccncc1)c1cc(F)cc(Cl)c1. The number of pyridine rings is 1. The Bertz CT molecular complexity index is 484. The fourth-order valence-corrected chi connectivity index (χ4v) is 1.86. The summed E-state index contributed by atoms with van der Waals surface area (Å²) in [5.41, 5.74) is 1.42. The van der Waals surface area contributed by atoms with E-state index >= 15 is 0 Å². The van der Waals surface area contributed by atoms with E-state index in [1.807, 2.05) is 12.1 Å². The molecular formula is C13H11ClFNO. The standard InChI is InChI=1S/C13H11ClFNO/c14-11-6-10(7-12(15)8-11)13(17)5-9-1-3-16-4-2-9/h1-4,6-8,13,17H,5H2. The minimum atomic E-state index is -0.773. The largest absolute Gasteiger partial charge is 0.388 e. The number of benzene rings is 1. The van der Waals surface area contributed by atoms with Crippen LogP contribution in [0.5, 0.6) is 0 Å². The van der Waals surface area contributed by atoms with E-state index in [1.165, 1.54) is 12.1 Å². The lowest BCUT2D eigenvalue weighted by atomic mass is 10.0. The van der Waals surface area contributed by atoms with Gasteiger partial charge in [-0.3, -0.25) is 4.98 Å². The molecule has 1 unspecified atom stereocenters. The van der Waals surface area contributed by atoms with Crippen molar-refractivity contribution in [2.24, 2.45) is 0 Å². The predicted octanol–water partition coefficient (Wildman–Crippen LogP) is 3.15. The zero-order chi connectivity index (χ0) is 12.3. The molecule has 0 fully saturated rings. The highest BCUT2D eigenvalue weighted by atomic mass is 35.5. The van der Waals surface area contributed by atoms with Crippen molar-refractivity contribution in [2.45, 2.75) is 12.5 Å². The molecule has 1 heterocycles. The van der Waals surface area contributed by atoms with E-state index in [-0.39, 0.29) is 5.02 Å². The van der Waals surface area contributed by atoms with Crippen LogP contribution in [0, 0.1) is 5.82 Å². The van der Waals surface area contributed by atoms with Crippen molar-refractivity contribution in [3.63, 3.8) is 0 Å². The molecule has 2 nitrogen and oxygen atoms in total. The average Bonchev–Trinajstić information content (AvgIpc) is 2.29. The van der Waals surface area contributed by atoms with Crippen LogP contribution in [0.2, 0.25) is 5.02 Å². The van der Waals surface area contributed by atoms with Gasteiger partial charge in [0.25, 0.3) is 0 Å². The second-order valence-corrected chi connectivity index (χ2v) is 4.21. The van der Waals surface area contributed by atoms with E-state index in [0.717, 1.165) is 5.56 Å². The van der Waals surface area contributed by atoms with E-state index < -0.39 is 11.9 Å². The molecule has 0 spiro atoms. The molecule has 0 saturated heterocycles. The Hall–Kier alpha value is -1.45. The highest BCUT2D eigenvalue weighted by Gasteiger charge is 2.10. The van der Waals surface area contributed by atoms with Crippen molar-refractivity contribution >= 4 is 11.6 Å². The molecule has 88 valence electrons. The van der Waals surface area contributed by atoms with Crippen molar-refractivity contribution in [1.82, 2.24) is 4.98 Å². The lowest BCUT2D eigenvalue weighted by molar-refractivity contribution is 0.178. The number of nitrogens with zero attached hydrogens (tertiary/aromatic N) is 1. The molecule has 0 bridgehead atoms. The molecule has 2 rings (SSSR count). The van der Waals surface area contributed by atoms with Gasteiger partial charge in [0, 0.05) is 23.8 Å². The Kier molecular flexibility index (Phi) is 3.71. The predicted molar refractivity (Wildman–Crippen MR) is 64.3 cm³/mol. The summed E-state index contributed by atoms with van der Waals surface area (Å²) in [5, 5.41) is 10.3. The van der Waals surface area contributed by atoms with E-state index in [9.17, 15) is 9.50 Å². The monoisotopic (exact) mass is 251 g/mol. The summed E-state index contributed by atoms with van der Waals surface area (Å²) in [5.74, 6) is -0.443. The van der Waals surface area contributed by atoms with Crippen LogP contribution in [0.1, 0.15) is 17.2 Å². The summed E-state index contributed by atoms with van der Waals surface area (Å²) in [6.07, 6.45) is 2.94. The summed E-state index contributed by atoms with van der Waals surface area (Å²) in [7, 11) is 0. The van der Waals surface area contributed by atoms with E-state index in [4.69, 9.17) is 11.6 Å². The number of hydrogen-bond donors (Lipinski definition) is 1. The van der Waals surface area contributed by atoms with E-state index in [0.29, 0.717) is 12.0 Å². The van der Waals surface area contributed by atoms with Gasteiger partial charge < -0.3 is 5.11 Å². The van der Waals surface area contributed by atoms with Gasteiger partial charge in [-0.2, -0.15) is 0 Å². The maximum Gasteiger partial charge on any atom is 0.125 e. The van der Waals surface area contributed by atoms with Crippen LogP contribution in [0.3, 0.4) is 0 Å². The van der Waals surface area contributed by atoms with Gasteiger partial charge in [0.15, 0.2) is 0 Å². The van der Waals surface area contributed by atoms with Gasteiger partial charge in [0.2, 0.25) is 0 Å². The van der Waals surface area contributed by atoms with Crippen molar-refractivity contribution < 1.29 is 9.50 Å². The molecule has 4 heteroatoms. The zero-order valence-corrected chi connectivity index (χ0v) is 9.73. The lowest BCUT2D eigenvalue weighted by Gasteiger charge is -2.11. The smallest absolute Gasteiger partial charge is 0.125 e. The van der Waals surface area contributed by atoms with Crippen LogP contribution in [0.4, 0.5) is 4.39 Å². The number of aliphatic hydroxyl groups excluding tert-OH is 1. The third kappa shape index (κ3) is 3.25. The van der Waals surface area contributed by atoms with Crippen LogP contribution < -0.4 is 0 Å². The number of halogens is 2. The van der Waals surface area contributed by atoms with Crippen LogP contribution in [0.25, 0.3) is 0 Å². The Balaban J connectivity index is 2.17. The molecule has 1 aromatic heterocycles. The number of aromatic nitrogens is 1. The van der Waals surface area contributed by atoms with E-state index in [1.54, 1.807) is 18.5 Å².